The molecule has 2 N–H and O–H groups in total. The summed E-state index contributed by atoms with van der Waals surface area (Å²) < 4.78 is 31.6. The van der Waals surface area contributed by atoms with E-state index in [2.05, 4.69) is 24.6 Å². The number of hydrogen-bond acceptors (Lipinski definition) is 2. The van der Waals surface area contributed by atoms with Gasteiger partial charge in [-0.15, -0.1) is 0 Å². The molecule has 0 aromatic heterocycles. The molecular formula is C6H15LiO4S. The zero-order valence-electron chi connectivity index (χ0n) is 7.65. The van der Waals surface area contributed by atoms with Gasteiger partial charge in [-0.05, 0) is 0 Å². The van der Waals surface area contributed by atoms with Crippen LogP contribution in [0, 0.1) is 0 Å². The van der Waals surface area contributed by atoms with Crippen molar-refractivity contribution < 1.29 is 17.5 Å². The Morgan fingerprint density at radius 1 is 1.17 bits per heavy atom. The summed E-state index contributed by atoms with van der Waals surface area (Å²) in [6.07, 6.45) is 5.65. The average Bonchev–Trinajstić information content (AvgIpc) is 1.85. The van der Waals surface area contributed by atoms with Crippen molar-refractivity contribution in [3.8, 4) is 0 Å². The summed E-state index contributed by atoms with van der Waals surface area (Å²) >= 11 is 2.25. The molecule has 70 valence electrons. The van der Waals surface area contributed by atoms with Crippen LogP contribution in [0.25, 0.3) is 0 Å². The zero-order valence-corrected chi connectivity index (χ0v) is 8.47. The molecule has 0 rings (SSSR count). The third kappa shape index (κ3) is 47.0. The molecule has 0 fully saturated rings. The van der Waals surface area contributed by atoms with Gasteiger partial charge in [0.05, 0.1) is 0 Å². The molecule has 0 aliphatic heterocycles. The van der Waals surface area contributed by atoms with Gasteiger partial charge in [-0.1, -0.05) is 0 Å². The maximum atomic E-state index is 8.74. The van der Waals surface area contributed by atoms with Crippen molar-refractivity contribution in [2.75, 3.05) is 0 Å². The van der Waals surface area contributed by atoms with E-state index in [1.165, 1.54) is 30.8 Å². The van der Waals surface area contributed by atoms with Crippen molar-refractivity contribution in [3.05, 3.63) is 0 Å². The molecule has 6 heteroatoms. The third-order valence-electron chi connectivity index (χ3n) is 1.21. The molecule has 0 aromatic carbocycles. The van der Waals surface area contributed by atoms with E-state index in [4.69, 9.17) is 17.5 Å². The minimum atomic E-state index is -4.67. The van der Waals surface area contributed by atoms with E-state index >= 15 is 0 Å². The Kier molecular flexibility index (Phi) is 11.9. The Hall–Kier alpha value is 0.467. The van der Waals surface area contributed by atoms with Crippen LogP contribution in [-0.2, 0) is 10.4 Å². The van der Waals surface area contributed by atoms with Crippen LogP contribution in [0.15, 0.2) is 0 Å². The van der Waals surface area contributed by atoms with Gasteiger partial charge in [-0.25, -0.2) is 0 Å². The molecule has 0 radical (unpaired) electrons. The quantitative estimate of drug-likeness (QED) is 0.400. The first-order valence-electron chi connectivity index (χ1n) is 4.11. The van der Waals surface area contributed by atoms with E-state index in [0.717, 1.165) is 0 Å². The summed E-state index contributed by atoms with van der Waals surface area (Å²) in [6.45, 7) is 2.25. The van der Waals surface area contributed by atoms with Gasteiger partial charge in [0.15, 0.2) is 0 Å². The molecule has 0 bridgehead atoms. The molecule has 0 saturated heterocycles. The zero-order chi connectivity index (χ0) is 10.0. The van der Waals surface area contributed by atoms with Crippen LogP contribution < -0.4 is 0 Å². The Morgan fingerprint density at radius 2 is 1.58 bits per heavy atom. The number of hydrogen-bond donors (Lipinski definition) is 2. The summed E-state index contributed by atoms with van der Waals surface area (Å²) in [5.74, 6) is 0. The molecule has 0 saturated carbocycles. The first-order chi connectivity index (χ1) is 5.41. The van der Waals surface area contributed by atoms with E-state index in [9.17, 15) is 0 Å². The Labute approximate surface area is 83.5 Å². The van der Waals surface area contributed by atoms with Gasteiger partial charge >= 0.3 is 65.8 Å². The number of rotatable bonds is 4. The molecular weight excluding hydrogens is 175 g/mol. The predicted molar refractivity (Wildman–Crippen MR) is 48.9 cm³/mol. The molecule has 0 spiro atoms. The van der Waals surface area contributed by atoms with E-state index in [0.29, 0.717) is 0 Å². The van der Waals surface area contributed by atoms with Gasteiger partial charge in [0.2, 0.25) is 0 Å². The van der Waals surface area contributed by atoms with Crippen LogP contribution >= 0.6 is 0 Å². The summed E-state index contributed by atoms with van der Waals surface area (Å²) in [5, 5.41) is 1.36. The monoisotopic (exact) mass is 190 g/mol. The summed E-state index contributed by atoms with van der Waals surface area (Å²) in [7, 11) is -4.67. The van der Waals surface area contributed by atoms with Crippen molar-refractivity contribution in [1.29, 1.82) is 0 Å². The maximum absolute atomic E-state index is 8.74. The predicted octanol–water partition coefficient (Wildman–Crippen LogP) is 1.50. The Morgan fingerprint density at radius 3 is 1.83 bits per heavy atom. The van der Waals surface area contributed by atoms with Crippen LogP contribution in [0.3, 0.4) is 0 Å². The second kappa shape index (κ2) is 9.55. The topological polar surface area (TPSA) is 74.6 Å². The second-order valence-electron chi connectivity index (χ2n) is 2.51. The number of unbranched alkanes of at least 4 members (excludes halogenated alkanes) is 3. The van der Waals surface area contributed by atoms with Crippen LogP contribution in [0.5, 0.6) is 0 Å². The van der Waals surface area contributed by atoms with Gasteiger partial charge in [0.25, 0.3) is 0 Å². The van der Waals surface area contributed by atoms with E-state index in [-0.39, 0.29) is 0 Å². The fourth-order valence-electron chi connectivity index (χ4n) is 0.677. The van der Waals surface area contributed by atoms with Gasteiger partial charge in [-0.3, -0.25) is 9.11 Å². The van der Waals surface area contributed by atoms with Gasteiger partial charge in [-0.2, -0.15) is 8.42 Å². The fourth-order valence-corrected chi connectivity index (χ4v) is 0.677. The summed E-state index contributed by atoms with van der Waals surface area (Å²) in [6, 6.07) is 0. The van der Waals surface area contributed by atoms with Crippen LogP contribution in [0.4, 0.5) is 0 Å². The Balaban J connectivity index is 0. The third-order valence-corrected chi connectivity index (χ3v) is 1.21. The molecule has 12 heavy (non-hydrogen) atoms. The van der Waals surface area contributed by atoms with Crippen molar-refractivity contribution in [2.24, 2.45) is 0 Å². The molecule has 0 aliphatic carbocycles. The standard InChI is InChI=1S/C6H13.Li.H2O4S/c1-3-5-6-4-2;;1-5(2,3)4/h1,3-6H2,2H3;;(H2,1,2,3,4). The first kappa shape index (κ1) is 15.0. The summed E-state index contributed by atoms with van der Waals surface area (Å²) in [5.41, 5.74) is 0. The van der Waals surface area contributed by atoms with Gasteiger partial charge in [0.1, 0.15) is 0 Å². The molecule has 0 unspecified atom stereocenters. The van der Waals surface area contributed by atoms with E-state index in [1.807, 2.05) is 0 Å². The van der Waals surface area contributed by atoms with Crippen LogP contribution in [0.2, 0.25) is 5.09 Å². The average molecular weight is 190 g/mol. The molecule has 0 heterocycles. The minimum absolute atomic E-state index is 1.36. The van der Waals surface area contributed by atoms with Gasteiger partial charge in [0, 0.05) is 0 Å². The second-order valence-corrected chi connectivity index (χ2v) is 3.40. The molecule has 0 amide bonds. The summed E-state index contributed by atoms with van der Waals surface area (Å²) in [4.78, 5) is 0. The molecule has 0 atom stereocenters. The molecule has 0 aliphatic rings. The van der Waals surface area contributed by atoms with Crippen molar-refractivity contribution in [2.45, 2.75) is 37.7 Å². The van der Waals surface area contributed by atoms with E-state index in [1.54, 1.807) is 0 Å². The van der Waals surface area contributed by atoms with Crippen molar-refractivity contribution in [3.63, 3.8) is 0 Å². The SMILES string of the molecule is O=S(=O)(O)O.[Li][CH2]CCCCC. The van der Waals surface area contributed by atoms with Crippen LogP contribution in [0.1, 0.15) is 32.6 Å². The normalized spacial score (nSPS) is 10.4. The first-order valence-corrected chi connectivity index (χ1v) is 5.51. The Bertz CT molecular complexity index is 154. The van der Waals surface area contributed by atoms with Crippen LogP contribution in [-0.4, -0.2) is 35.2 Å². The molecule has 4 nitrogen and oxygen atoms in total. The fraction of sp³-hybridized carbons (Fsp3) is 1.00. The molecule has 0 aromatic rings. The van der Waals surface area contributed by atoms with Gasteiger partial charge < -0.3 is 0 Å². The van der Waals surface area contributed by atoms with E-state index < -0.39 is 10.4 Å². The van der Waals surface area contributed by atoms with Crippen molar-refractivity contribution in [1.82, 2.24) is 0 Å². The van der Waals surface area contributed by atoms with Crippen molar-refractivity contribution >= 4 is 28.1 Å².